The summed E-state index contributed by atoms with van der Waals surface area (Å²) in [4.78, 5) is 50.3. The molecule has 1 fully saturated rings. The standard InChI is InChI=1S/C24H20ClFN4O5/c1-13-9-18(14(2)29(13)16-7-8-20(26)19(25)11-16)21(31)12-28-22(32)24(3,27-23(28)33)15-5-4-6-17(10-15)30(34)35/h4-11H,12H2,1-3H3,(H,27,33). The Morgan fingerprint density at radius 3 is 2.54 bits per heavy atom. The third kappa shape index (κ3) is 4.06. The molecule has 1 atom stereocenters. The van der Waals surface area contributed by atoms with Crippen LogP contribution in [0.2, 0.25) is 5.02 Å². The molecule has 0 radical (unpaired) electrons. The van der Waals surface area contributed by atoms with Crippen LogP contribution >= 0.6 is 11.6 Å². The number of benzene rings is 2. The number of aryl methyl sites for hydroxylation is 1. The first-order chi connectivity index (χ1) is 16.4. The predicted octanol–water partition coefficient (Wildman–Crippen LogP) is 4.44. The summed E-state index contributed by atoms with van der Waals surface area (Å²) in [5, 5.41) is 13.6. The van der Waals surface area contributed by atoms with E-state index in [1.165, 1.54) is 49.4 Å². The Labute approximate surface area is 204 Å². The third-order valence-corrected chi connectivity index (χ3v) is 6.39. The summed E-state index contributed by atoms with van der Waals surface area (Å²) in [5.41, 5.74) is 0.479. The van der Waals surface area contributed by atoms with E-state index in [0.29, 0.717) is 17.1 Å². The van der Waals surface area contributed by atoms with Crippen LogP contribution in [-0.2, 0) is 10.3 Å². The van der Waals surface area contributed by atoms with Crippen molar-refractivity contribution in [2.45, 2.75) is 26.3 Å². The number of imide groups is 1. The zero-order valence-corrected chi connectivity index (χ0v) is 19.7. The fourth-order valence-electron chi connectivity index (χ4n) is 4.26. The van der Waals surface area contributed by atoms with Gasteiger partial charge in [-0.05, 0) is 50.6 Å². The van der Waals surface area contributed by atoms with E-state index in [2.05, 4.69) is 5.32 Å². The normalized spacial score (nSPS) is 17.6. The molecule has 0 bridgehead atoms. The molecule has 0 saturated carbocycles. The highest BCUT2D eigenvalue weighted by Gasteiger charge is 2.50. The minimum absolute atomic E-state index is 0.0670. The van der Waals surface area contributed by atoms with Crippen LogP contribution in [0.15, 0.2) is 48.5 Å². The lowest BCUT2D eigenvalue weighted by Gasteiger charge is -2.22. The molecule has 11 heteroatoms. The van der Waals surface area contributed by atoms with Crippen LogP contribution in [0.25, 0.3) is 5.69 Å². The van der Waals surface area contributed by atoms with Crippen LogP contribution in [0.4, 0.5) is 14.9 Å². The van der Waals surface area contributed by atoms with Crippen LogP contribution in [0.1, 0.15) is 34.2 Å². The van der Waals surface area contributed by atoms with Gasteiger partial charge in [-0.2, -0.15) is 0 Å². The molecule has 1 unspecified atom stereocenters. The molecule has 0 spiro atoms. The second-order valence-corrected chi connectivity index (χ2v) is 8.80. The summed E-state index contributed by atoms with van der Waals surface area (Å²) < 4.78 is 15.3. The van der Waals surface area contributed by atoms with Gasteiger partial charge < -0.3 is 9.88 Å². The number of nitro groups is 1. The molecule has 9 nitrogen and oxygen atoms in total. The topological polar surface area (TPSA) is 115 Å². The molecule has 1 N–H and O–H groups in total. The number of aromatic nitrogens is 1. The number of hydrogen-bond donors (Lipinski definition) is 1. The lowest BCUT2D eigenvalue weighted by Crippen LogP contribution is -2.41. The number of Topliss-reactive ketones (excluding diaryl/α,β-unsaturated/α-hetero) is 1. The van der Waals surface area contributed by atoms with Gasteiger partial charge in [0.15, 0.2) is 5.78 Å². The van der Waals surface area contributed by atoms with E-state index in [-0.39, 0.29) is 21.8 Å². The van der Waals surface area contributed by atoms with Crippen LogP contribution < -0.4 is 5.32 Å². The van der Waals surface area contributed by atoms with Crippen molar-refractivity contribution in [3.63, 3.8) is 0 Å². The average Bonchev–Trinajstić information content (AvgIpc) is 3.23. The summed E-state index contributed by atoms with van der Waals surface area (Å²) in [6, 6.07) is 10.4. The number of ketones is 1. The molecule has 4 rings (SSSR count). The summed E-state index contributed by atoms with van der Waals surface area (Å²) in [7, 11) is 0. The van der Waals surface area contributed by atoms with Crippen molar-refractivity contribution in [2.24, 2.45) is 0 Å². The number of hydrogen-bond acceptors (Lipinski definition) is 5. The highest BCUT2D eigenvalue weighted by Crippen LogP contribution is 2.31. The minimum atomic E-state index is -1.56. The largest absolute Gasteiger partial charge is 0.325 e. The quantitative estimate of drug-likeness (QED) is 0.233. The zero-order valence-electron chi connectivity index (χ0n) is 19.0. The SMILES string of the molecule is Cc1cc(C(=O)CN2C(=O)NC(C)(c3cccc([N+](=O)[O-])c3)C2=O)c(C)n1-c1ccc(F)c(Cl)c1. The van der Waals surface area contributed by atoms with Gasteiger partial charge in [0.1, 0.15) is 11.4 Å². The molecule has 1 aromatic heterocycles. The Bertz CT molecular complexity index is 1420. The van der Waals surface area contributed by atoms with Gasteiger partial charge in [-0.3, -0.25) is 24.6 Å². The van der Waals surface area contributed by atoms with Crippen LogP contribution in [0.3, 0.4) is 0 Å². The van der Waals surface area contributed by atoms with Gasteiger partial charge in [0.25, 0.3) is 11.6 Å². The first kappa shape index (κ1) is 24.1. The highest BCUT2D eigenvalue weighted by atomic mass is 35.5. The Kier molecular flexibility index (Phi) is 5.93. The minimum Gasteiger partial charge on any atom is -0.319 e. The van der Waals surface area contributed by atoms with Crippen molar-refractivity contribution < 1.29 is 23.7 Å². The molecule has 0 aliphatic carbocycles. The van der Waals surface area contributed by atoms with Gasteiger partial charge in [-0.1, -0.05) is 23.7 Å². The predicted molar refractivity (Wildman–Crippen MR) is 125 cm³/mol. The first-order valence-electron chi connectivity index (χ1n) is 10.5. The molecule has 3 amide bonds. The highest BCUT2D eigenvalue weighted by molar-refractivity contribution is 6.30. The van der Waals surface area contributed by atoms with E-state index >= 15 is 0 Å². The van der Waals surface area contributed by atoms with Crippen LogP contribution in [-0.4, -0.2) is 38.7 Å². The summed E-state index contributed by atoms with van der Waals surface area (Å²) >= 11 is 5.91. The van der Waals surface area contributed by atoms with E-state index in [1.54, 1.807) is 24.5 Å². The Hall–Kier alpha value is -4.05. The molecule has 3 aromatic rings. The van der Waals surface area contributed by atoms with Gasteiger partial charge in [-0.25, -0.2) is 9.18 Å². The van der Waals surface area contributed by atoms with Crippen LogP contribution in [0.5, 0.6) is 0 Å². The van der Waals surface area contributed by atoms with E-state index in [4.69, 9.17) is 11.6 Å². The van der Waals surface area contributed by atoms with Crippen molar-refractivity contribution in [1.29, 1.82) is 0 Å². The van der Waals surface area contributed by atoms with Gasteiger partial charge in [-0.15, -0.1) is 0 Å². The van der Waals surface area contributed by atoms with Gasteiger partial charge in [0, 0.05) is 34.8 Å². The van der Waals surface area contributed by atoms with Crippen molar-refractivity contribution in [2.75, 3.05) is 6.54 Å². The Morgan fingerprint density at radius 2 is 1.89 bits per heavy atom. The molecule has 1 saturated heterocycles. The zero-order chi connectivity index (χ0) is 25.7. The van der Waals surface area contributed by atoms with Gasteiger partial charge >= 0.3 is 6.03 Å². The maximum Gasteiger partial charge on any atom is 0.325 e. The number of carbonyl (C=O) groups is 3. The van der Waals surface area contributed by atoms with Crippen LogP contribution in [0, 0.1) is 29.8 Å². The number of urea groups is 1. The number of non-ortho nitro benzene ring substituents is 1. The fraction of sp³-hybridized carbons (Fsp3) is 0.208. The molecule has 1 aliphatic rings. The summed E-state index contributed by atoms with van der Waals surface area (Å²) in [6.45, 7) is 4.36. The maximum atomic E-state index is 13.6. The molecule has 2 aromatic carbocycles. The Balaban J connectivity index is 1.62. The number of carbonyl (C=O) groups excluding carboxylic acids is 3. The number of nitrogens with one attached hydrogen (secondary N) is 1. The molecule has 180 valence electrons. The second-order valence-electron chi connectivity index (χ2n) is 8.40. The molecular weight excluding hydrogens is 479 g/mol. The fourth-order valence-corrected chi connectivity index (χ4v) is 4.44. The smallest absolute Gasteiger partial charge is 0.319 e. The number of nitro benzene ring substituents is 1. The number of halogens is 2. The van der Waals surface area contributed by atoms with Crippen molar-refractivity contribution in [1.82, 2.24) is 14.8 Å². The number of nitrogens with zero attached hydrogens (tertiary/aromatic N) is 3. The Morgan fingerprint density at radius 1 is 1.17 bits per heavy atom. The van der Waals surface area contributed by atoms with E-state index in [0.717, 1.165) is 4.90 Å². The molecule has 2 heterocycles. The second kappa shape index (κ2) is 8.62. The summed E-state index contributed by atoms with van der Waals surface area (Å²) in [6.07, 6.45) is 0. The maximum absolute atomic E-state index is 13.6. The molecule has 35 heavy (non-hydrogen) atoms. The average molecular weight is 499 g/mol. The van der Waals surface area contributed by atoms with E-state index in [1.807, 2.05) is 0 Å². The number of amides is 3. The van der Waals surface area contributed by atoms with E-state index in [9.17, 15) is 28.9 Å². The first-order valence-corrected chi connectivity index (χ1v) is 10.9. The lowest BCUT2D eigenvalue weighted by atomic mass is 9.91. The molecule has 1 aliphatic heterocycles. The van der Waals surface area contributed by atoms with Gasteiger partial charge in [0.2, 0.25) is 0 Å². The number of rotatable bonds is 6. The lowest BCUT2D eigenvalue weighted by molar-refractivity contribution is -0.385. The molecular formula is C24H20ClFN4O5. The van der Waals surface area contributed by atoms with Crippen molar-refractivity contribution in [3.05, 3.63) is 92.0 Å². The van der Waals surface area contributed by atoms with Crippen molar-refractivity contribution >= 4 is 35.0 Å². The monoisotopic (exact) mass is 498 g/mol. The van der Waals surface area contributed by atoms with Gasteiger partial charge in [0.05, 0.1) is 16.5 Å². The van der Waals surface area contributed by atoms with Crippen molar-refractivity contribution in [3.8, 4) is 5.69 Å². The summed E-state index contributed by atoms with van der Waals surface area (Å²) in [5.74, 6) is -1.75. The van der Waals surface area contributed by atoms with E-state index < -0.39 is 40.5 Å². The third-order valence-electron chi connectivity index (χ3n) is 6.10.